The molecule has 112 valence electrons. The molecule has 0 aliphatic rings. The van der Waals surface area contributed by atoms with Crippen molar-refractivity contribution in [2.45, 2.75) is 12.8 Å². The molecule has 1 aromatic rings. The van der Waals surface area contributed by atoms with Gasteiger partial charge in [0.1, 0.15) is 0 Å². The van der Waals surface area contributed by atoms with Gasteiger partial charge in [-0.15, -0.1) is 0 Å². The summed E-state index contributed by atoms with van der Waals surface area (Å²) in [7, 11) is 0. The minimum atomic E-state index is -1.27. The van der Waals surface area contributed by atoms with Crippen LogP contribution in [0.5, 0.6) is 0 Å². The third-order valence-electron chi connectivity index (χ3n) is 2.74. The Bertz CT molecular complexity index is 621. The number of aromatic carboxylic acids is 2. The third kappa shape index (κ3) is 4.52. The Morgan fingerprint density at radius 1 is 1.05 bits per heavy atom. The molecule has 1 rings (SSSR count). The van der Waals surface area contributed by atoms with Crippen LogP contribution in [0.15, 0.2) is 32.7 Å². The first-order chi connectivity index (χ1) is 9.93. The van der Waals surface area contributed by atoms with Crippen LogP contribution in [0.4, 0.5) is 0 Å². The topological polar surface area (TPSA) is 74.6 Å². The SMILES string of the molecule is O=C(O)c1cc(CC=CBr)c(CC=CBr)c(Br)c1C(=O)O. The first kappa shape index (κ1) is 18.1. The van der Waals surface area contributed by atoms with Gasteiger partial charge in [0.15, 0.2) is 0 Å². The van der Waals surface area contributed by atoms with Crippen LogP contribution in [0.3, 0.4) is 0 Å². The zero-order valence-corrected chi connectivity index (χ0v) is 15.4. The number of hydrogen-bond donors (Lipinski definition) is 2. The molecule has 0 aromatic heterocycles. The number of carboxylic acid groups (broad SMARTS) is 2. The van der Waals surface area contributed by atoms with Crippen LogP contribution in [0.1, 0.15) is 31.8 Å². The van der Waals surface area contributed by atoms with Crippen LogP contribution in [-0.4, -0.2) is 22.2 Å². The fourth-order valence-electron chi connectivity index (χ4n) is 1.86. The van der Waals surface area contributed by atoms with Gasteiger partial charge in [-0.25, -0.2) is 9.59 Å². The van der Waals surface area contributed by atoms with Crippen LogP contribution < -0.4 is 0 Å². The molecule has 0 atom stereocenters. The number of allylic oxidation sites excluding steroid dienone is 2. The summed E-state index contributed by atoms with van der Waals surface area (Å²) in [5, 5.41) is 18.5. The van der Waals surface area contributed by atoms with Gasteiger partial charge in [0.25, 0.3) is 0 Å². The monoisotopic (exact) mass is 480 g/mol. The fraction of sp³-hybridized carbons (Fsp3) is 0.143. The van der Waals surface area contributed by atoms with E-state index in [1.54, 1.807) is 9.97 Å². The van der Waals surface area contributed by atoms with Crippen LogP contribution in [0.2, 0.25) is 0 Å². The molecule has 2 N–H and O–H groups in total. The summed E-state index contributed by atoms with van der Waals surface area (Å²) in [4.78, 5) is 26.0. The Labute approximate surface area is 146 Å². The van der Waals surface area contributed by atoms with Crippen LogP contribution in [0.25, 0.3) is 0 Å². The van der Waals surface area contributed by atoms with E-state index in [4.69, 9.17) is 0 Å². The normalized spacial score (nSPS) is 11.4. The van der Waals surface area contributed by atoms with Crippen LogP contribution in [0, 0.1) is 0 Å². The molecular formula is C14H11Br3O4. The Morgan fingerprint density at radius 2 is 1.62 bits per heavy atom. The van der Waals surface area contributed by atoms with Gasteiger partial charge >= 0.3 is 11.9 Å². The first-order valence-corrected chi connectivity index (χ1v) is 8.37. The molecule has 7 heteroatoms. The molecule has 4 nitrogen and oxygen atoms in total. The number of rotatable bonds is 6. The minimum Gasteiger partial charge on any atom is -0.478 e. The lowest BCUT2D eigenvalue weighted by molar-refractivity contribution is 0.0650. The van der Waals surface area contributed by atoms with Crippen molar-refractivity contribution in [1.29, 1.82) is 0 Å². The van der Waals surface area contributed by atoms with Crippen molar-refractivity contribution in [1.82, 2.24) is 0 Å². The summed E-state index contributed by atoms with van der Waals surface area (Å²) >= 11 is 9.57. The Balaban J connectivity index is 3.61. The smallest absolute Gasteiger partial charge is 0.337 e. The molecule has 0 radical (unpaired) electrons. The maximum Gasteiger partial charge on any atom is 0.337 e. The Morgan fingerprint density at radius 3 is 2.10 bits per heavy atom. The van der Waals surface area contributed by atoms with E-state index in [0.717, 1.165) is 11.1 Å². The maximum atomic E-state index is 11.4. The van der Waals surface area contributed by atoms with Gasteiger partial charge in [0.2, 0.25) is 0 Å². The third-order valence-corrected chi connectivity index (χ3v) is 4.36. The molecule has 0 saturated carbocycles. The summed E-state index contributed by atoms with van der Waals surface area (Å²) in [6.07, 6.45) is 4.61. The maximum absolute atomic E-state index is 11.4. The standard InChI is InChI=1S/C14H11Br3O4/c15-5-1-3-8-7-10(13(18)19)11(14(20)21)12(17)9(8)4-2-6-16/h1-2,5-7H,3-4H2,(H,18,19)(H,20,21). The first-order valence-electron chi connectivity index (χ1n) is 5.75. The zero-order valence-electron chi connectivity index (χ0n) is 10.6. The molecule has 0 amide bonds. The highest BCUT2D eigenvalue weighted by Gasteiger charge is 2.23. The van der Waals surface area contributed by atoms with E-state index in [1.165, 1.54) is 6.07 Å². The van der Waals surface area contributed by atoms with E-state index < -0.39 is 11.9 Å². The van der Waals surface area contributed by atoms with Crippen molar-refractivity contribution in [3.8, 4) is 0 Å². The van der Waals surface area contributed by atoms with Gasteiger partial charge in [-0.3, -0.25) is 0 Å². The number of carboxylic acids is 2. The number of hydrogen-bond acceptors (Lipinski definition) is 2. The number of carbonyl (C=O) groups is 2. The van der Waals surface area contributed by atoms with Crippen molar-refractivity contribution in [2.75, 3.05) is 0 Å². The highest BCUT2D eigenvalue weighted by atomic mass is 79.9. The van der Waals surface area contributed by atoms with Crippen molar-refractivity contribution in [2.24, 2.45) is 0 Å². The lowest BCUT2D eigenvalue weighted by Gasteiger charge is -2.14. The van der Waals surface area contributed by atoms with E-state index in [9.17, 15) is 19.8 Å². The highest BCUT2D eigenvalue weighted by Crippen LogP contribution is 2.30. The van der Waals surface area contributed by atoms with Crippen molar-refractivity contribution < 1.29 is 19.8 Å². The predicted octanol–water partition coefficient (Wildman–Crippen LogP) is 4.75. The fourth-order valence-corrected chi connectivity index (χ4v) is 3.03. The van der Waals surface area contributed by atoms with Gasteiger partial charge < -0.3 is 10.2 Å². The quantitative estimate of drug-likeness (QED) is 0.613. The second kappa shape index (κ2) is 8.51. The summed E-state index contributed by atoms with van der Waals surface area (Å²) in [5.41, 5.74) is 1.05. The predicted molar refractivity (Wildman–Crippen MR) is 91.6 cm³/mol. The van der Waals surface area contributed by atoms with E-state index >= 15 is 0 Å². The molecule has 0 fully saturated rings. The van der Waals surface area contributed by atoms with Crippen molar-refractivity contribution >= 4 is 59.7 Å². The molecular weight excluding hydrogens is 472 g/mol. The molecule has 0 aliphatic carbocycles. The molecule has 0 unspecified atom stereocenters. The molecule has 0 heterocycles. The van der Waals surface area contributed by atoms with E-state index in [0.29, 0.717) is 17.3 Å². The summed E-state index contributed by atoms with van der Waals surface area (Å²) < 4.78 is 0.304. The van der Waals surface area contributed by atoms with Gasteiger partial charge in [-0.1, -0.05) is 44.0 Å². The zero-order chi connectivity index (χ0) is 16.0. The Kier molecular flexibility index (Phi) is 7.34. The van der Waals surface area contributed by atoms with E-state index in [2.05, 4.69) is 47.8 Å². The van der Waals surface area contributed by atoms with Crippen molar-refractivity contribution in [3.63, 3.8) is 0 Å². The molecule has 1 aromatic carbocycles. The molecule has 0 saturated heterocycles. The second-order valence-electron chi connectivity index (χ2n) is 3.99. The van der Waals surface area contributed by atoms with Gasteiger partial charge in [-0.2, -0.15) is 0 Å². The van der Waals surface area contributed by atoms with Crippen LogP contribution in [-0.2, 0) is 12.8 Å². The number of halogens is 3. The highest BCUT2D eigenvalue weighted by molar-refractivity contribution is 9.11. The van der Waals surface area contributed by atoms with Crippen LogP contribution >= 0.6 is 47.8 Å². The molecule has 0 bridgehead atoms. The minimum absolute atomic E-state index is 0.223. The lowest BCUT2D eigenvalue weighted by Crippen LogP contribution is -2.12. The molecule has 0 aliphatic heterocycles. The lowest BCUT2D eigenvalue weighted by atomic mass is 9.94. The summed E-state index contributed by atoms with van der Waals surface area (Å²) in [6.45, 7) is 0. The van der Waals surface area contributed by atoms with Gasteiger partial charge in [0, 0.05) is 4.47 Å². The molecule has 21 heavy (non-hydrogen) atoms. The largest absolute Gasteiger partial charge is 0.478 e. The van der Waals surface area contributed by atoms with E-state index in [1.807, 2.05) is 12.2 Å². The van der Waals surface area contributed by atoms with Gasteiger partial charge in [0.05, 0.1) is 11.1 Å². The van der Waals surface area contributed by atoms with E-state index in [-0.39, 0.29) is 11.1 Å². The number of benzene rings is 1. The average molecular weight is 483 g/mol. The average Bonchev–Trinajstić information content (AvgIpc) is 2.42. The summed E-state index contributed by atoms with van der Waals surface area (Å²) in [5.74, 6) is -2.54. The van der Waals surface area contributed by atoms with Crippen molar-refractivity contribution in [3.05, 3.63) is 54.9 Å². The molecule has 0 spiro atoms. The Hall–Kier alpha value is -0.920. The van der Waals surface area contributed by atoms with Gasteiger partial charge in [-0.05, 0) is 55.9 Å². The summed E-state index contributed by atoms with van der Waals surface area (Å²) in [6, 6.07) is 1.42. The second-order valence-corrected chi connectivity index (χ2v) is 5.84.